The van der Waals surface area contributed by atoms with Crippen LogP contribution < -0.4 is 15.1 Å². The average molecular weight is 361 g/mol. The maximum Gasteiger partial charge on any atom is 0.274 e. The third-order valence-electron chi connectivity index (χ3n) is 4.08. The minimum absolute atomic E-state index is 0.108. The molecule has 1 amide bonds. The van der Waals surface area contributed by atoms with E-state index in [1.54, 1.807) is 30.6 Å². The molecule has 0 saturated carbocycles. The van der Waals surface area contributed by atoms with Crippen molar-refractivity contribution in [3.8, 4) is 5.75 Å². The first kappa shape index (κ1) is 18.1. The lowest BCUT2D eigenvalue weighted by Gasteiger charge is -2.28. The molecule has 1 fully saturated rings. The minimum Gasteiger partial charge on any atom is -0.487 e. The third kappa shape index (κ3) is 4.27. The SMILES string of the molecule is Cc1cc(F)ccc1OCc1cc(C(=O)NO)cc(N2CCOCC2)n1. The van der Waals surface area contributed by atoms with Crippen LogP contribution in [-0.4, -0.2) is 42.4 Å². The molecule has 8 heteroatoms. The summed E-state index contributed by atoms with van der Waals surface area (Å²) < 4.78 is 24.3. The van der Waals surface area contributed by atoms with E-state index < -0.39 is 5.91 Å². The molecule has 2 N–H and O–H groups in total. The predicted molar refractivity (Wildman–Crippen MR) is 92.0 cm³/mol. The maximum absolute atomic E-state index is 13.2. The van der Waals surface area contributed by atoms with Gasteiger partial charge in [-0.15, -0.1) is 0 Å². The summed E-state index contributed by atoms with van der Waals surface area (Å²) in [6, 6.07) is 7.43. The molecule has 3 rings (SSSR count). The number of aryl methyl sites for hydroxylation is 1. The molecule has 138 valence electrons. The van der Waals surface area contributed by atoms with E-state index in [4.69, 9.17) is 14.7 Å². The fourth-order valence-corrected chi connectivity index (χ4v) is 2.72. The van der Waals surface area contributed by atoms with Gasteiger partial charge < -0.3 is 14.4 Å². The fourth-order valence-electron chi connectivity index (χ4n) is 2.72. The molecule has 7 nitrogen and oxygen atoms in total. The first-order valence-electron chi connectivity index (χ1n) is 8.24. The van der Waals surface area contributed by atoms with Crippen LogP contribution in [0.25, 0.3) is 0 Å². The van der Waals surface area contributed by atoms with Gasteiger partial charge in [0.1, 0.15) is 24.0 Å². The first-order valence-corrected chi connectivity index (χ1v) is 8.24. The van der Waals surface area contributed by atoms with Gasteiger partial charge in [-0.2, -0.15) is 0 Å². The van der Waals surface area contributed by atoms with E-state index in [1.807, 2.05) is 4.90 Å². The molecule has 2 aromatic rings. The molecular weight excluding hydrogens is 341 g/mol. The van der Waals surface area contributed by atoms with Crippen molar-refractivity contribution >= 4 is 11.7 Å². The number of ether oxygens (including phenoxy) is 2. The van der Waals surface area contributed by atoms with E-state index >= 15 is 0 Å². The summed E-state index contributed by atoms with van der Waals surface area (Å²) in [5.74, 6) is 0.201. The van der Waals surface area contributed by atoms with Crippen molar-refractivity contribution in [3.05, 3.63) is 53.0 Å². The summed E-state index contributed by atoms with van der Waals surface area (Å²) in [7, 11) is 0. The molecule has 26 heavy (non-hydrogen) atoms. The number of aromatic nitrogens is 1. The molecule has 0 spiro atoms. The van der Waals surface area contributed by atoms with E-state index in [0.717, 1.165) is 0 Å². The Bertz CT molecular complexity index is 794. The monoisotopic (exact) mass is 361 g/mol. The Balaban J connectivity index is 1.83. The number of morpholine rings is 1. The first-order chi connectivity index (χ1) is 12.6. The lowest BCUT2D eigenvalue weighted by molar-refractivity contribution is 0.0706. The number of hydrogen-bond acceptors (Lipinski definition) is 6. The molecule has 1 saturated heterocycles. The van der Waals surface area contributed by atoms with Gasteiger partial charge in [0.15, 0.2) is 0 Å². The molecular formula is C18H20FN3O4. The van der Waals surface area contributed by atoms with Crippen LogP contribution in [0.5, 0.6) is 5.75 Å². The Kier molecular flexibility index (Phi) is 5.65. The van der Waals surface area contributed by atoms with Crippen LogP contribution >= 0.6 is 0 Å². The summed E-state index contributed by atoms with van der Waals surface area (Å²) in [6.07, 6.45) is 0. The van der Waals surface area contributed by atoms with Crippen LogP contribution in [0, 0.1) is 12.7 Å². The van der Waals surface area contributed by atoms with Gasteiger partial charge in [-0.3, -0.25) is 10.0 Å². The van der Waals surface area contributed by atoms with Crippen molar-refractivity contribution in [2.45, 2.75) is 13.5 Å². The molecule has 0 unspecified atom stereocenters. The number of carbonyl (C=O) groups is 1. The predicted octanol–water partition coefficient (Wildman–Crippen LogP) is 2.06. The zero-order chi connectivity index (χ0) is 18.5. The largest absolute Gasteiger partial charge is 0.487 e. The number of nitrogens with one attached hydrogen (secondary N) is 1. The van der Waals surface area contributed by atoms with E-state index in [2.05, 4.69) is 4.98 Å². The van der Waals surface area contributed by atoms with Crippen LogP contribution in [0.2, 0.25) is 0 Å². The van der Waals surface area contributed by atoms with Gasteiger partial charge in [-0.05, 0) is 42.8 Å². The van der Waals surface area contributed by atoms with Crippen LogP contribution in [0.4, 0.5) is 10.2 Å². The highest BCUT2D eigenvalue weighted by Gasteiger charge is 2.17. The molecule has 1 aromatic heterocycles. The van der Waals surface area contributed by atoms with Gasteiger partial charge in [0.05, 0.1) is 18.9 Å². The van der Waals surface area contributed by atoms with Crippen LogP contribution in [0.15, 0.2) is 30.3 Å². The number of pyridine rings is 1. The van der Waals surface area contributed by atoms with Crippen LogP contribution in [0.3, 0.4) is 0 Å². The van der Waals surface area contributed by atoms with Crippen molar-refractivity contribution in [1.82, 2.24) is 10.5 Å². The Hall–Kier alpha value is -2.71. The van der Waals surface area contributed by atoms with Gasteiger partial charge in [-0.25, -0.2) is 14.9 Å². The van der Waals surface area contributed by atoms with E-state index in [0.29, 0.717) is 49.1 Å². The number of amides is 1. The zero-order valence-corrected chi connectivity index (χ0v) is 14.4. The zero-order valence-electron chi connectivity index (χ0n) is 14.4. The molecule has 2 heterocycles. The normalized spacial score (nSPS) is 14.2. The fraction of sp³-hybridized carbons (Fsp3) is 0.333. The van der Waals surface area contributed by atoms with Crippen molar-refractivity contribution in [3.63, 3.8) is 0 Å². The summed E-state index contributed by atoms with van der Waals surface area (Å²) in [5, 5.41) is 8.93. The Morgan fingerprint density at radius 1 is 1.35 bits per heavy atom. The summed E-state index contributed by atoms with van der Waals surface area (Å²) in [6.45, 7) is 4.34. The quantitative estimate of drug-likeness (QED) is 0.627. The Morgan fingerprint density at radius 2 is 2.12 bits per heavy atom. The van der Waals surface area contributed by atoms with Gasteiger partial charge in [-0.1, -0.05) is 0 Å². The third-order valence-corrected chi connectivity index (χ3v) is 4.08. The van der Waals surface area contributed by atoms with Gasteiger partial charge in [0.25, 0.3) is 5.91 Å². The second-order valence-electron chi connectivity index (χ2n) is 5.94. The maximum atomic E-state index is 13.2. The molecule has 0 bridgehead atoms. The highest BCUT2D eigenvalue weighted by atomic mass is 19.1. The van der Waals surface area contributed by atoms with E-state index in [9.17, 15) is 9.18 Å². The van der Waals surface area contributed by atoms with Gasteiger partial charge >= 0.3 is 0 Å². The van der Waals surface area contributed by atoms with E-state index in [1.165, 1.54) is 12.1 Å². The van der Waals surface area contributed by atoms with Crippen molar-refractivity contribution in [1.29, 1.82) is 0 Å². The lowest BCUT2D eigenvalue weighted by atomic mass is 10.2. The van der Waals surface area contributed by atoms with Crippen molar-refractivity contribution in [2.24, 2.45) is 0 Å². The highest BCUT2D eigenvalue weighted by molar-refractivity contribution is 5.94. The lowest BCUT2D eigenvalue weighted by Crippen LogP contribution is -2.37. The number of carbonyl (C=O) groups excluding carboxylic acids is 1. The molecule has 1 aromatic carbocycles. The summed E-state index contributed by atoms with van der Waals surface area (Å²) in [4.78, 5) is 18.4. The molecule has 1 aliphatic heterocycles. The number of anilines is 1. The highest BCUT2D eigenvalue weighted by Crippen LogP contribution is 2.21. The minimum atomic E-state index is -0.624. The number of nitrogens with zero attached hydrogens (tertiary/aromatic N) is 2. The standard InChI is InChI=1S/C18H20FN3O4/c1-12-8-14(19)2-3-16(12)26-11-15-9-13(18(23)21-24)10-17(20-15)22-4-6-25-7-5-22/h2-3,8-10,24H,4-7,11H2,1H3,(H,21,23). The number of rotatable bonds is 5. The average Bonchev–Trinajstić information content (AvgIpc) is 2.67. The Labute approximate surface area is 150 Å². The second-order valence-corrected chi connectivity index (χ2v) is 5.94. The van der Waals surface area contributed by atoms with Crippen LogP contribution in [-0.2, 0) is 11.3 Å². The van der Waals surface area contributed by atoms with Crippen LogP contribution in [0.1, 0.15) is 21.6 Å². The molecule has 0 radical (unpaired) electrons. The Morgan fingerprint density at radius 3 is 2.81 bits per heavy atom. The molecule has 0 atom stereocenters. The molecule has 1 aliphatic rings. The molecule has 0 aliphatic carbocycles. The van der Waals surface area contributed by atoms with Crippen molar-refractivity contribution in [2.75, 3.05) is 31.2 Å². The number of hydroxylamine groups is 1. The second kappa shape index (κ2) is 8.11. The summed E-state index contributed by atoms with van der Waals surface area (Å²) in [5.41, 5.74) is 3.11. The van der Waals surface area contributed by atoms with Gasteiger partial charge in [0, 0.05) is 18.7 Å². The van der Waals surface area contributed by atoms with Gasteiger partial charge in [0.2, 0.25) is 0 Å². The smallest absolute Gasteiger partial charge is 0.274 e. The number of benzene rings is 1. The number of hydrogen-bond donors (Lipinski definition) is 2. The summed E-state index contributed by atoms with van der Waals surface area (Å²) >= 11 is 0. The topological polar surface area (TPSA) is 83.9 Å². The number of halogens is 1. The van der Waals surface area contributed by atoms with Crippen molar-refractivity contribution < 1.29 is 23.9 Å². The van der Waals surface area contributed by atoms with E-state index in [-0.39, 0.29) is 18.0 Å².